The molecule has 0 heterocycles. The zero-order valence-electron chi connectivity index (χ0n) is 9.07. The monoisotopic (exact) mass is 201 g/mol. The minimum Gasteiger partial charge on any atom is -0.507 e. The molecule has 0 aliphatic rings. The fraction of sp³-hybridized carbons (Fsp3) is 0.231. The van der Waals surface area contributed by atoms with E-state index in [1.165, 1.54) is 0 Å². The van der Waals surface area contributed by atoms with Gasteiger partial charge in [0.2, 0.25) is 0 Å². The molecular weight excluding hydrogens is 186 g/mol. The lowest BCUT2D eigenvalue weighted by molar-refractivity contribution is 0.481. The van der Waals surface area contributed by atoms with Gasteiger partial charge in [-0.3, -0.25) is 0 Å². The molecule has 0 spiro atoms. The average molecular weight is 201 g/mol. The molecule has 15 heavy (non-hydrogen) atoms. The summed E-state index contributed by atoms with van der Waals surface area (Å²) in [5.74, 6) is 0.346. The Bertz CT molecular complexity index is 479. The van der Waals surface area contributed by atoms with E-state index in [9.17, 15) is 5.11 Å². The standard InChI is InChI=1S/C13H15NO/c1-3-14(2)12-8-4-7-11-10(12)6-5-9-13(11)15/h4-9,15H,3H2,1-2H3. The van der Waals surface area contributed by atoms with Crippen molar-refractivity contribution in [2.75, 3.05) is 18.5 Å². The number of nitrogens with zero attached hydrogens (tertiary/aromatic N) is 1. The van der Waals surface area contributed by atoms with Crippen LogP contribution in [0.15, 0.2) is 36.4 Å². The van der Waals surface area contributed by atoms with Gasteiger partial charge in [0.05, 0.1) is 0 Å². The Morgan fingerprint density at radius 2 is 1.73 bits per heavy atom. The summed E-state index contributed by atoms with van der Waals surface area (Å²) in [5, 5.41) is 11.7. The first-order chi connectivity index (χ1) is 7.24. The Morgan fingerprint density at radius 3 is 2.47 bits per heavy atom. The molecule has 2 aromatic carbocycles. The Morgan fingerprint density at radius 1 is 1.07 bits per heavy atom. The van der Waals surface area contributed by atoms with Gasteiger partial charge in [0.1, 0.15) is 5.75 Å². The first-order valence-corrected chi connectivity index (χ1v) is 5.16. The molecule has 0 aliphatic heterocycles. The van der Waals surface area contributed by atoms with Crippen LogP contribution in [0.4, 0.5) is 5.69 Å². The van der Waals surface area contributed by atoms with Gasteiger partial charge in [-0.25, -0.2) is 0 Å². The van der Waals surface area contributed by atoms with Crippen LogP contribution >= 0.6 is 0 Å². The highest BCUT2D eigenvalue weighted by Gasteiger charge is 2.05. The first kappa shape index (κ1) is 9.84. The zero-order valence-corrected chi connectivity index (χ0v) is 9.07. The van der Waals surface area contributed by atoms with Gasteiger partial charge in [0.25, 0.3) is 0 Å². The fourth-order valence-electron chi connectivity index (χ4n) is 1.78. The smallest absolute Gasteiger partial charge is 0.123 e. The summed E-state index contributed by atoms with van der Waals surface area (Å²) >= 11 is 0. The summed E-state index contributed by atoms with van der Waals surface area (Å²) in [7, 11) is 2.05. The van der Waals surface area contributed by atoms with Crippen LogP contribution in [0.1, 0.15) is 6.92 Å². The third-order valence-electron chi connectivity index (χ3n) is 2.76. The van der Waals surface area contributed by atoms with Crippen molar-refractivity contribution in [3.63, 3.8) is 0 Å². The van der Waals surface area contributed by atoms with E-state index in [4.69, 9.17) is 0 Å². The third kappa shape index (κ3) is 1.63. The highest BCUT2D eigenvalue weighted by atomic mass is 16.3. The molecule has 2 rings (SSSR count). The summed E-state index contributed by atoms with van der Waals surface area (Å²) in [5.41, 5.74) is 1.16. The van der Waals surface area contributed by atoms with Gasteiger partial charge >= 0.3 is 0 Å². The molecule has 0 aromatic heterocycles. The van der Waals surface area contributed by atoms with Crippen molar-refractivity contribution in [3.05, 3.63) is 36.4 Å². The molecule has 0 fully saturated rings. The zero-order chi connectivity index (χ0) is 10.8. The van der Waals surface area contributed by atoms with Crippen molar-refractivity contribution in [3.8, 4) is 5.75 Å². The Kier molecular flexibility index (Phi) is 2.50. The van der Waals surface area contributed by atoms with Crippen LogP contribution in [-0.2, 0) is 0 Å². The lowest BCUT2D eigenvalue weighted by Gasteiger charge is -2.19. The van der Waals surface area contributed by atoms with Crippen LogP contribution in [0, 0.1) is 0 Å². The van der Waals surface area contributed by atoms with Gasteiger partial charge in [-0.1, -0.05) is 24.3 Å². The Hall–Kier alpha value is -1.70. The second-order valence-corrected chi connectivity index (χ2v) is 3.66. The largest absolute Gasteiger partial charge is 0.507 e. The van der Waals surface area contributed by atoms with Crippen molar-refractivity contribution in [2.45, 2.75) is 6.92 Å². The van der Waals surface area contributed by atoms with Crippen molar-refractivity contribution in [1.82, 2.24) is 0 Å². The second kappa shape index (κ2) is 3.81. The van der Waals surface area contributed by atoms with Gasteiger partial charge in [-0.15, -0.1) is 0 Å². The van der Waals surface area contributed by atoms with Crippen molar-refractivity contribution < 1.29 is 5.11 Å². The molecule has 0 atom stereocenters. The van der Waals surface area contributed by atoms with E-state index in [1.807, 2.05) is 24.3 Å². The Balaban J connectivity index is 2.71. The quantitative estimate of drug-likeness (QED) is 0.807. The van der Waals surface area contributed by atoms with Crippen LogP contribution in [0.2, 0.25) is 0 Å². The molecule has 0 amide bonds. The Labute approximate surface area is 89.8 Å². The molecule has 0 bridgehead atoms. The predicted molar refractivity (Wildman–Crippen MR) is 64.6 cm³/mol. The van der Waals surface area contributed by atoms with Crippen LogP contribution < -0.4 is 4.90 Å². The van der Waals surface area contributed by atoms with Gasteiger partial charge in [0, 0.05) is 30.1 Å². The number of hydrogen-bond acceptors (Lipinski definition) is 2. The molecule has 1 N–H and O–H groups in total. The van der Waals surface area contributed by atoms with Crippen LogP contribution in [0.25, 0.3) is 10.8 Å². The molecule has 0 aliphatic carbocycles. The molecular formula is C13H15NO. The van der Waals surface area contributed by atoms with Gasteiger partial charge < -0.3 is 10.0 Å². The number of rotatable bonds is 2. The molecule has 2 heteroatoms. The molecule has 0 radical (unpaired) electrons. The summed E-state index contributed by atoms with van der Waals surface area (Å²) in [6.45, 7) is 3.07. The summed E-state index contributed by atoms with van der Waals surface area (Å²) < 4.78 is 0. The van der Waals surface area contributed by atoms with E-state index in [0.717, 1.165) is 23.0 Å². The fourth-order valence-corrected chi connectivity index (χ4v) is 1.78. The number of hydrogen-bond donors (Lipinski definition) is 1. The number of fused-ring (bicyclic) bond motifs is 1. The molecule has 0 saturated carbocycles. The molecule has 78 valence electrons. The second-order valence-electron chi connectivity index (χ2n) is 3.66. The molecule has 2 nitrogen and oxygen atoms in total. The topological polar surface area (TPSA) is 23.5 Å². The van der Waals surface area contributed by atoms with Crippen LogP contribution in [0.5, 0.6) is 5.75 Å². The van der Waals surface area contributed by atoms with Gasteiger partial charge in [0.15, 0.2) is 0 Å². The van der Waals surface area contributed by atoms with E-state index in [0.29, 0.717) is 5.75 Å². The number of phenolic OH excluding ortho intramolecular Hbond substituents is 1. The normalized spacial score (nSPS) is 10.5. The number of phenols is 1. The van der Waals surface area contributed by atoms with Gasteiger partial charge in [-0.05, 0) is 19.1 Å². The SMILES string of the molecule is CCN(C)c1cccc2c(O)cccc12. The van der Waals surface area contributed by atoms with Crippen LogP contribution in [0.3, 0.4) is 0 Å². The number of aromatic hydroxyl groups is 1. The minimum absolute atomic E-state index is 0.346. The molecule has 2 aromatic rings. The summed E-state index contributed by atoms with van der Waals surface area (Å²) in [4.78, 5) is 2.17. The lowest BCUT2D eigenvalue weighted by atomic mass is 10.1. The predicted octanol–water partition coefficient (Wildman–Crippen LogP) is 3.00. The average Bonchev–Trinajstić information content (AvgIpc) is 2.28. The van der Waals surface area contributed by atoms with Crippen molar-refractivity contribution in [1.29, 1.82) is 0 Å². The van der Waals surface area contributed by atoms with Gasteiger partial charge in [-0.2, -0.15) is 0 Å². The van der Waals surface area contributed by atoms with Crippen molar-refractivity contribution >= 4 is 16.5 Å². The number of benzene rings is 2. The first-order valence-electron chi connectivity index (χ1n) is 5.16. The summed E-state index contributed by atoms with van der Waals surface area (Å²) in [6.07, 6.45) is 0. The maximum absolute atomic E-state index is 9.73. The van der Waals surface area contributed by atoms with E-state index >= 15 is 0 Å². The third-order valence-corrected chi connectivity index (χ3v) is 2.76. The van der Waals surface area contributed by atoms with E-state index < -0.39 is 0 Å². The minimum atomic E-state index is 0.346. The highest BCUT2D eigenvalue weighted by Crippen LogP contribution is 2.31. The highest BCUT2D eigenvalue weighted by molar-refractivity contribution is 5.97. The maximum atomic E-state index is 9.73. The van der Waals surface area contributed by atoms with E-state index in [1.54, 1.807) is 6.07 Å². The number of anilines is 1. The summed E-state index contributed by atoms with van der Waals surface area (Å²) in [6, 6.07) is 11.6. The maximum Gasteiger partial charge on any atom is 0.123 e. The molecule has 0 saturated heterocycles. The van der Waals surface area contributed by atoms with Crippen LogP contribution in [-0.4, -0.2) is 18.7 Å². The lowest BCUT2D eigenvalue weighted by Crippen LogP contribution is -2.15. The van der Waals surface area contributed by atoms with Crippen molar-refractivity contribution in [2.24, 2.45) is 0 Å². The molecule has 0 unspecified atom stereocenters. The van der Waals surface area contributed by atoms with E-state index in [2.05, 4.69) is 24.9 Å². The van der Waals surface area contributed by atoms with E-state index in [-0.39, 0.29) is 0 Å².